The maximum atomic E-state index is 12.0. The third-order valence-electron chi connectivity index (χ3n) is 3.27. The molecule has 0 aliphatic carbocycles. The average Bonchev–Trinajstić information content (AvgIpc) is 2.56. The number of benzene rings is 2. The van der Waals surface area contributed by atoms with Crippen molar-refractivity contribution in [1.29, 1.82) is 0 Å². The van der Waals surface area contributed by atoms with Crippen LogP contribution in [-0.2, 0) is 4.79 Å². The Labute approximate surface area is 143 Å². The lowest BCUT2D eigenvalue weighted by atomic mass is 10.2. The Morgan fingerprint density at radius 2 is 1.92 bits per heavy atom. The van der Waals surface area contributed by atoms with Gasteiger partial charge in [0.2, 0.25) is 5.91 Å². The summed E-state index contributed by atoms with van der Waals surface area (Å²) in [6, 6.07) is 15.0. The average molecular weight is 328 g/mol. The molecule has 0 atom stereocenters. The van der Waals surface area contributed by atoms with Gasteiger partial charge in [0.05, 0.1) is 18.9 Å². The van der Waals surface area contributed by atoms with E-state index in [9.17, 15) is 4.79 Å². The van der Waals surface area contributed by atoms with E-state index in [2.05, 4.69) is 10.6 Å². The van der Waals surface area contributed by atoms with Crippen LogP contribution < -0.4 is 20.1 Å². The van der Waals surface area contributed by atoms with Gasteiger partial charge >= 0.3 is 0 Å². The standard InChI is InChI=1S/C19H24N2O3/c1-14(2)24-18-10-5-4-9-17(18)20-12-11-19(22)21-15-7-6-8-16(13-15)23-3/h4-10,13-14,20H,11-12H2,1-3H3,(H,21,22). The lowest BCUT2D eigenvalue weighted by molar-refractivity contribution is -0.115. The van der Waals surface area contributed by atoms with E-state index < -0.39 is 0 Å². The molecule has 0 saturated heterocycles. The van der Waals surface area contributed by atoms with Crippen molar-refractivity contribution in [3.05, 3.63) is 48.5 Å². The molecule has 1 amide bonds. The molecular weight excluding hydrogens is 304 g/mol. The smallest absolute Gasteiger partial charge is 0.226 e. The van der Waals surface area contributed by atoms with E-state index in [4.69, 9.17) is 9.47 Å². The first-order valence-electron chi connectivity index (χ1n) is 8.02. The first kappa shape index (κ1) is 17.7. The molecule has 0 heterocycles. The van der Waals surface area contributed by atoms with Crippen molar-refractivity contribution in [2.75, 3.05) is 24.3 Å². The van der Waals surface area contributed by atoms with Gasteiger partial charge in [-0.3, -0.25) is 4.79 Å². The molecule has 2 aromatic carbocycles. The van der Waals surface area contributed by atoms with E-state index in [-0.39, 0.29) is 12.0 Å². The topological polar surface area (TPSA) is 59.6 Å². The van der Waals surface area contributed by atoms with Crippen molar-refractivity contribution >= 4 is 17.3 Å². The largest absolute Gasteiger partial charge is 0.497 e. The molecule has 0 aromatic heterocycles. The zero-order chi connectivity index (χ0) is 17.4. The fourth-order valence-corrected chi connectivity index (χ4v) is 2.20. The summed E-state index contributed by atoms with van der Waals surface area (Å²) in [7, 11) is 1.60. The Hall–Kier alpha value is -2.69. The number of carbonyl (C=O) groups is 1. The number of hydrogen-bond donors (Lipinski definition) is 2. The first-order chi connectivity index (χ1) is 11.6. The number of anilines is 2. The van der Waals surface area contributed by atoms with Crippen LogP contribution in [0.2, 0.25) is 0 Å². The van der Waals surface area contributed by atoms with E-state index in [1.165, 1.54) is 0 Å². The van der Waals surface area contributed by atoms with E-state index >= 15 is 0 Å². The number of hydrogen-bond acceptors (Lipinski definition) is 4. The highest BCUT2D eigenvalue weighted by Crippen LogP contribution is 2.24. The lowest BCUT2D eigenvalue weighted by Crippen LogP contribution is -2.17. The van der Waals surface area contributed by atoms with Crippen molar-refractivity contribution in [2.45, 2.75) is 26.4 Å². The summed E-state index contributed by atoms with van der Waals surface area (Å²) in [6.07, 6.45) is 0.456. The number of amides is 1. The van der Waals surface area contributed by atoms with Gasteiger partial charge in [0, 0.05) is 24.7 Å². The van der Waals surface area contributed by atoms with E-state index in [1.54, 1.807) is 13.2 Å². The third kappa shape index (κ3) is 5.50. The predicted molar refractivity (Wildman–Crippen MR) is 96.9 cm³/mol. The van der Waals surface area contributed by atoms with Gasteiger partial charge < -0.3 is 20.1 Å². The molecule has 0 aliphatic heterocycles. The number of rotatable bonds is 8. The van der Waals surface area contributed by atoms with Gasteiger partial charge in [-0.25, -0.2) is 0 Å². The summed E-state index contributed by atoms with van der Waals surface area (Å²) in [5.41, 5.74) is 1.61. The SMILES string of the molecule is COc1cccc(NC(=O)CCNc2ccccc2OC(C)C)c1. The Bertz CT molecular complexity index is 671. The Morgan fingerprint density at radius 1 is 1.12 bits per heavy atom. The fraction of sp³-hybridized carbons (Fsp3) is 0.316. The Balaban J connectivity index is 1.84. The molecule has 0 spiro atoms. The molecule has 0 bridgehead atoms. The van der Waals surface area contributed by atoms with Gasteiger partial charge in [-0.1, -0.05) is 18.2 Å². The van der Waals surface area contributed by atoms with Crippen LogP contribution in [0.1, 0.15) is 20.3 Å². The molecule has 24 heavy (non-hydrogen) atoms. The highest BCUT2D eigenvalue weighted by molar-refractivity contribution is 5.91. The highest BCUT2D eigenvalue weighted by atomic mass is 16.5. The summed E-state index contributed by atoms with van der Waals surface area (Å²) in [5.74, 6) is 1.45. The summed E-state index contributed by atoms with van der Waals surface area (Å²) in [5, 5.41) is 6.11. The fourth-order valence-electron chi connectivity index (χ4n) is 2.20. The van der Waals surface area contributed by atoms with Gasteiger partial charge in [-0.05, 0) is 38.1 Å². The molecule has 0 unspecified atom stereocenters. The van der Waals surface area contributed by atoms with E-state index in [0.717, 1.165) is 17.1 Å². The van der Waals surface area contributed by atoms with Gasteiger partial charge in [0.15, 0.2) is 0 Å². The quantitative estimate of drug-likeness (QED) is 0.771. The molecule has 128 valence electrons. The molecule has 5 nitrogen and oxygen atoms in total. The second-order valence-corrected chi connectivity index (χ2v) is 5.62. The number of carbonyl (C=O) groups excluding carboxylic acids is 1. The maximum absolute atomic E-state index is 12.0. The normalized spacial score (nSPS) is 10.3. The molecule has 2 rings (SSSR count). The van der Waals surface area contributed by atoms with Crippen LogP contribution in [0.15, 0.2) is 48.5 Å². The van der Waals surface area contributed by atoms with Crippen molar-refractivity contribution in [3.8, 4) is 11.5 Å². The number of para-hydroxylation sites is 2. The zero-order valence-corrected chi connectivity index (χ0v) is 14.3. The predicted octanol–water partition coefficient (Wildman–Crippen LogP) is 3.92. The summed E-state index contributed by atoms with van der Waals surface area (Å²) < 4.78 is 10.9. The molecule has 2 aromatic rings. The van der Waals surface area contributed by atoms with Gasteiger partial charge in [0.25, 0.3) is 0 Å². The summed E-state index contributed by atoms with van der Waals surface area (Å²) in [6.45, 7) is 4.49. The lowest BCUT2D eigenvalue weighted by Gasteiger charge is -2.15. The minimum atomic E-state index is -0.0574. The van der Waals surface area contributed by atoms with Gasteiger partial charge in [-0.2, -0.15) is 0 Å². The third-order valence-corrected chi connectivity index (χ3v) is 3.27. The van der Waals surface area contributed by atoms with Gasteiger partial charge in [0.1, 0.15) is 11.5 Å². The van der Waals surface area contributed by atoms with Crippen molar-refractivity contribution in [3.63, 3.8) is 0 Å². The van der Waals surface area contributed by atoms with Crippen LogP contribution in [-0.4, -0.2) is 25.7 Å². The zero-order valence-electron chi connectivity index (χ0n) is 14.3. The molecule has 0 aliphatic rings. The van der Waals surface area contributed by atoms with Crippen molar-refractivity contribution in [1.82, 2.24) is 0 Å². The highest BCUT2D eigenvalue weighted by Gasteiger charge is 2.06. The van der Waals surface area contributed by atoms with Crippen LogP contribution in [0.3, 0.4) is 0 Å². The molecule has 0 fully saturated rings. The van der Waals surface area contributed by atoms with Crippen LogP contribution in [0.4, 0.5) is 11.4 Å². The van der Waals surface area contributed by atoms with Crippen LogP contribution in [0.5, 0.6) is 11.5 Å². The van der Waals surface area contributed by atoms with E-state index in [1.807, 2.05) is 56.3 Å². The second kappa shape index (κ2) is 8.82. The summed E-state index contributed by atoms with van der Waals surface area (Å²) >= 11 is 0. The summed E-state index contributed by atoms with van der Waals surface area (Å²) in [4.78, 5) is 12.0. The monoisotopic (exact) mass is 328 g/mol. The minimum Gasteiger partial charge on any atom is -0.497 e. The van der Waals surface area contributed by atoms with Crippen LogP contribution >= 0.6 is 0 Å². The number of nitrogens with one attached hydrogen (secondary N) is 2. The number of ether oxygens (including phenoxy) is 2. The second-order valence-electron chi connectivity index (χ2n) is 5.62. The minimum absolute atomic E-state index is 0.0574. The van der Waals surface area contributed by atoms with Crippen LogP contribution in [0.25, 0.3) is 0 Å². The van der Waals surface area contributed by atoms with E-state index in [0.29, 0.717) is 18.7 Å². The number of methoxy groups -OCH3 is 1. The molecule has 5 heteroatoms. The van der Waals surface area contributed by atoms with Crippen molar-refractivity contribution < 1.29 is 14.3 Å². The molecular formula is C19H24N2O3. The molecule has 0 saturated carbocycles. The van der Waals surface area contributed by atoms with Crippen LogP contribution in [0, 0.1) is 0 Å². The Morgan fingerprint density at radius 3 is 2.67 bits per heavy atom. The maximum Gasteiger partial charge on any atom is 0.226 e. The van der Waals surface area contributed by atoms with Crippen molar-refractivity contribution in [2.24, 2.45) is 0 Å². The Kier molecular flexibility index (Phi) is 6.49. The molecule has 2 N–H and O–H groups in total. The molecule has 0 radical (unpaired) electrons. The first-order valence-corrected chi connectivity index (χ1v) is 8.02. The van der Waals surface area contributed by atoms with Gasteiger partial charge in [-0.15, -0.1) is 0 Å².